The lowest BCUT2D eigenvalue weighted by molar-refractivity contribution is -0.137. The molecule has 2 aromatic carbocycles. The quantitative estimate of drug-likeness (QED) is 0.533. The van der Waals surface area contributed by atoms with Crippen LogP contribution in [0.1, 0.15) is 17.5 Å². The van der Waals surface area contributed by atoms with E-state index in [0.29, 0.717) is 29.9 Å². The molecule has 0 aromatic heterocycles. The number of aliphatic hydroxyl groups is 1. The fraction of sp³-hybridized carbons (Fsp3) is 0.294. The lowest BCUT2D eigenvalue weighted by atomic mass is 10.2. The second kappa shape index (κ2) is 8.37. The van der Waals surface area contributed by atoms with Gasteiger partial charge in [-0.25, -0.2) is 0 Å². The number of alkyl halides is 3. The molecule has 10 heteroatoms. The van der Waals surface area contributed by atoms with E-state index in [0.717, 1.165) is 6.07 Å². The highest BCUT2D eigenvalue weighted by atomic mass is 35.5. The molecule has 1 N–H and O–H groups in total. The highest BCUT2D eigenvalue weighted by Gasteiger charge is 2.33. The van der Waals surface area contributed by atoms with Crippen LogP contribution in [-0.2, 0) is 16.3 Å². The summed E-state index contributed by atoms with van der Waals surface area (Å²) in [5.41, 5.74) is -0.553. The number of rotatable bonds is 7. The molecule has 2 rings (SSSR count). The topological polar surface area (TPSA) is 72.8 Å². The van der Waals surface area contributed by atoms with Crippen molar-refractivity contribution in [3.05, 3.63) is 52.5 Å². The van der Waals surface area contributed by atoms with Crippen molar-refractivity contribution >= 4 is 21.7 Å². The van der Waals surface area contributed by atoms with Crippen LogP contribution >= 0.6 is 11.6 Å². The molecule has 5 nitrogen and oxygen atoms in total. The van der Waals surface area contributed by atoms with E-state index < -0.39 is 31.8 Å². The molecule has 27 heavy (non-hydrogen) atoms. The maximum atomic E-state index is 12.9. The Hall–Kier alpha value is -1.97. The van der Waals surface area contributed by atoms with Crippen LogP contribution in [-0.4, -0.2) is 26.7 Å². The molecule has 0 bridgehead atoms. The smallest absolute Gasteiger partial charge is 0.416 e. The van der Waals surface area contributed by atoms with Crippen molar-refractivity contribution in [2.75, 3.05) is 13.2 Å². The lowest BCUT2D eigenvalue weighted by Crippen LogP contribution is -2.13. The van der Waals surface area contributed by atoms with Crippen LogP contribution in [0.2, 0.25) is 5.02 Å². The third kappa shape index (κ3) is 5.75. The van der Waals surface area contributed by atoms with E-state index in [2.05, 4.69) is 0 Å². The van der Waals surface area contributed by atoms with Crippen LogP contribution in [0, 0.1) is 6.92 Å². The molecule has 0 saturated heterocycles. The van der Waals surface area contributed by atoms with Gasteiger partial charge in [-0.15, -0.1) is 0 Å². The number of halogens is 4. The molecule has 0 aliphatic heterocycles. The van der Waals surface area contributed by atoms with Gasteiger partial charge >= 0.3 is 16.3 Å². The Morgan fingerprint density at radius 2 is 1.78 bits per heavy atom. The van der Waals surface area contributed by atoms with Crippen molar-refractivity contribution in [2.24, 2.45) is 0 Å². The molecule has 0 fully saturated rings. The zero-order valence-corrected chi connectivity index (χ0v) is 15.7. The van der Waals surface area contributed by atoms with Crippen molar-refractivity contribution < 1.29 is 35.6 Å². The average Bonchev–Trinajstić information content (AvgIpc) is 2.53. The van der Waals surface area contributed by atoms with Crippen molar-refractivity contribution in [1.29, 1.82) is 0 Å². The maximum Gasteiger partial charge on any atom is 0.416 e. The summed E-state index contributed by atoms with van der Waals surface area (Å²) in [4.78, 5) is -0.789. The van der Waals surface area contributed by atoms with Crippen molar-refractivity contribution in [3.63, 3.8) is 0 Å². The van der Waals surface area contributed by atoms with E-state index in [4.69, 9.17) is 25.6 Å². The molecule has 0 amide bonds. The summed E-state index contributed by atoms with van der Waals surface area (Å²) in [7, 11) is -4.61. The Kier molecular flexibility index (Phi) is 6.61. The van der Waals surface area contributed by atoms with Gasteiger partial charge in [-0.3, -0.25) is 0 Å². The van der Waals surface area contributed by atoms with Crippen molar-refractivity contribution in [1.82, 2.24) is 0 Å². The minimum atomic E-state index is -4.73. The van der Waals surface area contributed by atoms with Crippen molar-refractivity contribution in [3.8, 4) is 11.5 Å². The minimum absolute atomic E-state index is 0.0718. The van der Waals surface area contributed by atoms with E-state index in [1.54, 1.807) is 13.0 Å². The number of aryl methyl sites for hydroxylation is 1. The first kappa shape index (κ1) is 21.3. The zero-order chi connectivity index (χ0) is 20.2. The van der Waals surface area contributed by atoms with E-state index in [1.807, 2.05) is 0 Å². The fourth-order valence-corrected chi connectivity index (χ4v) is 3.56. The second-order valence-corrected chi connectivity index (χ2v) is 7.51. The van der Waals surface area contributed by atoms with Crippen molar-refractivity contribution in [2.45, 2.75) is 24.4 Å². The fourth-order valence-electron chi connectivity index (χ4n) is 2.14. The monoisotopic (exact) mass is 424 g/mol. The van der Waals surface area contributed by atoms with Gasteiger partial charge in [-0.05, 0) is 42.8 Å². The number of hydrogen-bond acceptors (Lipinski definition) is 5. The molecule has 0 radical (unpaired) electrons. The van der Waals surface area contributed by atoms with Gasteiger partial charge in [-0.2, -0.15) is 21.6 Å². The Balaban J connectivity index is 2.34. The summed E-state index contributed by atoms with van der Waals surface area (Å²) in [6.45, 7) is 1.79. The Bertz CT molecular complexity index is 913. The summed E-state index contributed by atoms with van der Waals surface area (Å²) < 4.78 is 73.8. The zero-order valence-electron chi connectivity index (χ0n) is 14.1. The molecule has 0 saturated carbocycles. The summed E-state index contributed by atoms with van der Waals surface area (Å²) >= 11 is 5.77. The van der Waals surface area contributed by atoms with E-state index >= 15 is 0 Å². The summed E-state index contributed by atoms with van der Waals surface area (Å²) in [6.07, 6.45) is -4.35. The molecular weight excluding hydrogens is 409 g/mol. The standard InChI is InChI=1S/C17H16ClF3O5S/c1-11-7-13(25-6-2-5-22)10-14(8-11)26-27(23,24)16-9-12(17(19,20)21)3-4-15(16)18/h3-4,7-10,22H,2,5-6H2,1H3. The van der Waals surface area contributed by atoms with Gasteiger partial charge in [0, 0.05) is 19.1 Å². The number of aliphatic hydroxyl groups excluding tert-OH is 1. The van der Waals surface area contributed by atoms with Crippen LogP contribution in [0.15, 0.2) is 41.3 Å². The average molecular weight is 425 g/mol. The molecule has 2 aromatic rings. The molecule has 0 aliphatic rings. The predicted molar refractivity (Wildman–Crippen MR) is 92.6 cm³/mol. The molecule has 0 atom stereocenters. The molecule has 0 heterocycles. The van der Waals surface area contributed by atoms with E-state index in [9.17, 15) is 21.6 Å². The Morgan fingerprint density at radius 3 is 2.41 bits per heavy atom. The predicted octanol–water partition coefficient (Wildman–Crippen LogP) is 4.20. The first-order chi connectivity index (χ1) is 12.5. The van der Waals surface area contributed by atoms with Gasteiger partial charge in [0.05, 0.1) is 17.2 Å². The van der Waals surface area contributed by atoms with E-state index in [-0.39, 0.29) is 19.0 Å². The largest absolute Gasteiger partial charge is 0.493 e. The molecular formula is C17H16ClF3O5S. The molecule has 0 aliphatic carbocycles. The van der Waals surface area contributed by atoms with Crippen LogP contribution in [0.3, 0.4) is 0 Å². The summed E-state index contributed by atoms with van der Waals surface area (Å²) in [5, 5.41) is 8.37. The van der Waals surface area contributed by atoms with Gasteiger partial charge in [0.2, 0.25) is 0 Å². The SMILES string of the molecule is Cc1cc(OCCCO)cc(OS(=O)(=O)c2cc(C(F)(F)F)ccc2Cl)c1. The molecule has 148 valence electrons. The third-order valence-electron chi connectivity index (χ3n) is 3.33. The highest BCUT2D eigenvalue weighted by molar-refractivity contribution is 7.87. The first-order valence-electron chi connectivity index (χ1n) is 7.69. The van der Waals surface area contributed by atoms with Gasteiger partial charge in [0.25, 0.3) is 0 Å². The minimum Gasteiger partial charge on any atom is -0.493 e. The maximum absolute atomic E-state index is 12.9. The van der Waals surface area contributed by atoms with E-state index in [1.165, 1.54) is 12.1 Å². The van der Waals surface area contributed by atoms with Gasteiger partial charge in [-0.1, -0.05) is 11.6 Å². The van der Waals surface area contributed by atoms with Crippen LogP contribution in [0.25, 0.3) is 0 Å². The van der Waals surface area contributed by atoms with Gasteiger partial charge in [0.15, 0.2) is 0 Å². The van der Waals surface area contributed by atoms with Crippen LogP contribution in [0.4, 0.5) is 13.2 Å². The van der Waals surface area contributed by atoms with Gasteiger partial charge in [0.1, 0.15) is 16.4 Å². The number of benzene rings is 2. The highest BCUT2D eigenvalue weighted by Crippen LogP contribution is 2.34. The van der Waals surface area contributed by atoms with Crippen LogP contribution < -0.4 is 8.92 Å². The molecule has 0 spiro atoms. The lowest BCUT2D eigenvalue weighted by Gasteiger charge is -2.13. The molecule has 0 unspecified atom stereocenters. The third-order valence-corrected chi connectivity index (χ3v) is 5.06. The van der Waals surface area contributed by atoms with Crippen LogP contribution in [0.5, 0.6) is 11.5 Å². The Labute approximate surface area is 159 Å². The number of ether oxygens (including phenoxy) is 1. The Morgan fingerprint density at radius 1 is 1.11 bits per heavy atom. The van der Waals surface area contributed by atoms with Gasteiger partial charge < -0.3 is 14.0 Å². The summed E-state index contributed by atoms with van der Waals surface area (Å²) in [6, 6.07) is 6.24. The first-order valence-corrected chi connectivity index (χ1v) is 9.48. The number of hydrogen-bond donors (Lipinski definition) is 1. The normalized spacial score (nSPS) is 12.1. The second-order valence-electron chi connectivity index (χ2n) is 5.59. The summed E-state index contributed by atoms with van der Waals surface area (Å²) in [5.74, 6) is 0.159.